The fraction of sp³-hybridized carbons (Fsp3) is 0.286. The van der Waals surface area contributed by atoms with E-state index in [0.29, 0.717) is 0 Å². The van der Waals surface area contributed by atoms with E-state index in [1.54, 1.807) is 7.11 Å². The van der Waals surface area contributed by atoms with Crippen LogP contribution >= 0.6 is 0 Å². The highest BCUT2D eigenvalue weighted by Crippen LogP contribution is 2.24. The van der Waals surface area contributed by atoms with E-state index in [-0.39, 0.29) is 12.6 Å². The van der Waals surface area contributed by atoms with Crippen LogP contribution in [0, 0.1) is 0 Å². The second-order valence-corrected chi connectivity index (χ2v) is 4.00. The van der Waals surface area contributed by atoms with Crippen molar-refractivity contribution in [3.05, 3.63) is 42.0 Å². The van der Waals surface area contributed by atoms with Gasteiger partial charge in [-0.3, -0.25) is 0 Å². The first kappa shape index (κ1) is 11.9. The van der Waals surface area contributed by atoms with Crippen LogP contribution in [-0.2, 0) is 0 Å². The third-order valence-electron chi connectivity index (χ3n) is 3.00. The van der Waals surface area contributed by atoms with E-state index in [4.69, 9.17) is 4.74 Å². The molecule has 0 saturated heterocycles. The molecule has 0 saturated carbocycles. The summed E-state index contributed by atoms with van der Waals surface area (Å²) >= 11 is 0. The number of likely N-dealkylation sites (N-methyl/N-ethyl adjacent to an activating group) is 1. The van der Waals surface area contributed by atoms with E-state index in [0.717, 1.165) is 22.1 Å². The van der Waals surface area contributed by atoms with Crippen molar-refractivity contribution in [1.82, 2.24) is 5.32 Å². The van der Waals surface area contributed by atoms with Crippen LogP contribution in [0.5, 0.6) is 5.75 Å². The number of hydrogen-bond acceptors (Lipinski definition) is 3. The van der Waals surface area contributed by atoms with E-state index >= 15 is 0 Å². The molecule has 2 N–H and O–H groups in total. The molecule has 0 aromatic heterocycles. The molecule has 3 nitrogen and oxygen atoms in total. The number of benzene rings is 2. The van der Waals surface area contributed by atoms with Crippen LogP contribution in [0.2, 0.25) is 0 Å². The highest BCUT2D eigenvalue weighted by Gasteiger charge is 2.08. The van der Waals surface area contributed by atoms with Crippen molar-refractivity contribution in [3.8, 4) is 5.75 Å². The maximum Gasteiger partial charge on any atom is 0.119 e. The number of rotatable bonds is 4. The van der Waals surface area contributed by atoms with Crippen molar-refractivity contribution < 1.29 is 9.84 Å². The van der Waals surface area contributed by atoms with E-state index in [9.17, 15) is 5.11 Å². The quantitative estimate of drug-likeness (QED) is 0.846. The van der Waals surface area contributed by atoms with Gasteiger partial charge in [0.15, 0.2) is 0 Å². The van der Waals surface area contributed by atoms with Gasteiger partial charge in [-0.05, 0) is 41.6 Å². The Hall–Kier alpha value is -1.58. The van der Waals surface area contributed by atoms with Crippen LogP contribution in [0.4, 0.5) is 0 Å². The highest BCUT2D eigenvalue weighted by atomic mass is 16.5. The molecule has 2 rings (SSSR count). The zero-order chi connectivity index (χ0) is 12.3. The third-order valence-corrected chi connectivity index (χ3v) is 3.00. The highest BCUT2D eigenvalue weighted by molar-refractivity contribution is 5.84. The number of methoxy groups -OCH3 is 1. The maximum atomic E-state index is 9.25. The molecule has 0 aliphatic heterocycles. The van der Waals surface area contributed by atoms with Gasteiger partial charge in [0.2, 0.25) is 0 Å². The van der Waals surface area contributed by atoms with Crippen LogP contribution in [0.15, 0.2) is 36.4 Å². The Morgan fingerprint density at radius 1 is 1.18 bits per heavy atom. The smallest absolute Gasteiger partial charge is 0.119 e. The van der Waals surface area contributed by atoms with E-state index in [2.05, 4.69) is 11.4 Å². The largest absolute Gasteiger partial charge is 0.497 e. The van der Waals surface area contributed by atoms with Gasteiger partial charge >= 0.3 is 0 Å². The van der Waals surface area contributed by atoms with Crippen molar-refractivity contribution >= 4 is 10.8 Å². The first-order valence-electron chi connectivity index (χ1n) is 5.64. The molecule has 3 heteroatoms. The zero-order valence-electron chi connectivity index (χ0n) is 10.1. The fourth-order valence-electron chi connectivity index (χ4n) is 1.95. The van der Waals surface area contributed by atoms with Crippen LogP contribution in [0.25, 0.3) is 10.8 Å². The topological polar surface area (TPSA) is 41.5 Å². The number of aliphatic hydroxyl groups excluding tert-OH is 1. The van der Waals surface area contributed by atoms with Crippen LogP contribution in [0.1, 0.15) is 11.6 Å². The molecule has 0 spiro atoms. The number of aliphatic hydroxyl groups is 1. The Morgan fingerprint density at radius 2 is 1.88 bits per heavy atom. The van der Waals surface area contributed by atoms with Crippen molar-refractivity contribution in [2.24, 2.45) is 0 Å². The molecule has 0 bridgehead atoms. The molecule has 0 heterocycles. The molecule has 1 atom stereocenters. The van der Waals surface area contributed by atoms with Crippen molar-refractivity contribution in [1.29, 1.82) is 0 Å². The Morgan fingerprint density at radius 3 is 2.53 bits per heavy atom. The summed E-state index contributed by atoms with van der Waals surface area (Å²) in [6.07, 6.45) is 0. The van der Waals surface area contributed by atoms with E-state index in [1.807, 2.05) is 37.4 Å². The van der Waals surface area contributed by atoms with Gasteiger partial charge in [-0.1, -0.05) is 18.2 Å². The Balaban J connectivity index is 2.44. The first-order valence-corrected chi connectivity index (χ1v) is 5.64. The summed E-state index contributed by atoms with van der Waals surface area (Å²) in [5.41, 5.74) is 1.09. The molecular formula is C14H17NO2. The van der Waals surface area contributed by atoms with Gasteiger partial charge in [-0.2, -0.15) is 0 Å². The Kier molecular flexibility index (Phi) is 3.61. The second-order valence-electron chi connectivity index (χ2n) is 4.00. The number of ether oxygens (including phenoxy) is 1. The molecule has 0 fully saturated rings. The second kappa shape index (κ2) is 5.17. The lowest BCUT2D eigenvalue weighted by Gasteiger charge is -2.14. The number of fused-ring (bicyclic) bond motifs is 1. The summed E-state index contributed by atoms with van der Waals surface area (Å²) in [7, 11) is 3.51. The lowest BCUT2D eigenvalue weighted by molar-refractivity contribution is 0.251. The minimum Gasteiger partial charge on any atom is -0.497 e. The standard InChI is InChI=1S/C14H17NO2/c1-15-14(9-16)12-4-3-11-8-13(17-2)6-5-10(11)7-12/h3-8,14-16H,9H2,1-2H3. The summed E-state index contributed by atoms with van der Waals surface area (Å²) < 4.78 is 5.19. The molecule has 2 aromatic carbocycles. The molecule has 0 aliphatic rings. The summed E-state index contributed by atoms with van der Waals surface area (Å²) in [4.78, 5) is 0. The van der Waals surface area contributed by atoms with Gasteiger partial charge in [0.05, 0.1) is 19.8 Å². The summed E-state index contributed by atoms with van der Waals surface area (Å²) in [5, 5.41) is 14.6. The third kappa shape index (κ3) is 2.40. The van der Waals surface area contributed by atoms with Gasteiger partial charge in [0.1, 0.15) is 5.75 Å². The molecule has 17 heavy (non-hydrogen) atoms. The first-order chi connectivity index (χ1) is 8.28. The normalized spacial score (nSPS) is 12.6. The number of nitrogens with one attached hydrogen (secondary N) is 1. The molecule has 1 unspecified atom stereocenters. The Bertz CT molecular complexity index is 507. The maximum absolute atomic E-state index is 9.25. The fourth-order valence-corrected chi connectivity index (χ4v) is 1.95. The molecule has 90 valence electrons. The summed E-state index contributed by atoms with van der Waals surface area (Å²) in [5.74, 6) is 0.859. The van der Waals surface area contributed by atoms with Crippen LogP contribution in [0.3, 0.4) is 0 Å². The van der Waals surface area contributed by atoms with Gasteiger partial charge < -0.3 is 15.2 Å². The lowest BCUT2D eigenvalue weighted by Crippen LogP contribution is -2.19. The predicted octanol–water partition coefficient (Wildman–Crippen LogP) is 2.10. The number of hydrogen-bond donors (Lipinski definition) is 2. The molecular weight excluding hydrogens is 214 g/mol. The lowest BCUT2D eigenvalue weighted by atomic mass is 10.0. The van der Waals surface area contributed by atoms with Gasteiger partial charge in [-0.15, -0.1) is 0 Å². The summed E-state index contributed by atoms with van der Waals surface area (Å²) in [6.45, 7) is 0.0954. The SMILES string of the molecule is CNC(CO)c1ccc2cc(OC)ccc2c1. The van der Waals surface area contributed by atoms with E-state index in [1.165, 1.54) is 0 Å². The van der Waals surface area contributed by atoms with E-state index < -0.39 is 0 Å². The minimum absolute atomic E-state index is 0.0125. The molecule has 0 aliphatic carbocycles. The average molecular weight is 231 g/mol. The van der Waals surface area contributed by atoms with Crippen molar-refractivity contribution in [3.63, 3.8) is 0 Å². The predicted molar refractivity (Wildman–Crippen MR) is 69.4 cm³/mol. The van der Waals surface area contributed by atoms with Gasteiger partial charge in [0, 0.05) is 0 Å². The van der Waals surface area contributed by atoms with Crippen LogP contribution < -0.4 is 10.1 Å². The minimum atomic E-state index is -0.0125. The zero-order valence-corrected chi connectivity index (χ0v) is 10.1. The van der Waals surface area contributed by atoms with Crippen molar-refractivity contribution in [2.75, 3.05) is 20.8 Å². The van der Waals surface area contributed by atoms with Crippen molar-refractivity contribution in [2.45, 2.75) is 6.04 Å². The Labute approximate surface area is 101 Å². The molecule has 2 aromatic rings. The monoisotopic (exact) mass is 231 g/mol. The molecule has 0 radical (unpaired) electrons. The summed E-state index contributed by atoms with van der Waals surface area (Å²) in [6, 6.07) is 12.1. The van der Waals surface area contributed by atoms with Gasteiger partial charge in [0.25, 0.3) is 0 Å². The van der Waals surface area contributed by atoms with Gasteiger partial charge in [-0.25, -0.2) is 0 Å². The average Bonchev–Trinajstić information content (AvgIpc) is 2.39. The van der Waals surface area contributed by atoms with Crippen LogP contribution in [-0.4, -0.2) is 25.9 Å². The molecule has 0 amide bonds.